The van der Waals surface area contributed by atoms with E-state index in [1.54, 1.807) is 60.6 Å². The Morgan fingerprint density at radius 3 is 1.89 bits per heavy atom. The van der Waals surface area contributed by atoms with Crippen LogP contribution in [0, 0.1) is 10.8 Å². The first-order valence-electron chi connectivity index (χ1n) is 9.25. The molecule has 0 saturated carbocycles. The van der Waals surface area contributed by atoms with Gasteiger partial charge >= 0.3 is 17.9 Å². The number of carbonyl (C=O) groups excluding carboxylic acids is 3. The van der Waals surface area contributed by atoms with Crippen LogP contribution in [-0.4, -0.2) is 30.6 Å². The molecule has 0 fully saturated rings. The van der Waals surface area contributed by atoms with Gasteiger partial charge in [0.15, 0.2) is 11.5 Å². The molecule has 156 valence electrons. The second-order valence-corrected chi connectivity index (χ2v) is 8.62. The number of esters is 3. The van der Waals surface area contributed by atoms with E-state index < -0.39 is 34.8 Å². The Kier molecular flexibility index (Phi) is 7.75. The topological polar surface area (TPSA) is 105 Å². The van der Waals surface area contributed by atoms with Crippen LogP contribution in [0.2, 0.25) is 0 Å². The Bertz CT molecular complexity index is 727. The summed E-state index contributed by atoms with van der Waals surface area (Å²) >= 11 is 0. The standard InChI is InChI=1S/C21H31NO6/c1-8-26-17(23)14(22)11-13-9-10-15(27-18(24)20(2,3)4)16(12-13)28-19(25)21(5,6)7/h9-10,12,14H,8,11,22H2,1-7H3/t14-/m0/s1. The van der Waals surface area contributed by atoms with E-state index in [1.807, 2.05) is 0 Å². The summed E-state index contributed by atoms with van der Waals surface area (Å²) < 4.78 is 15.8. The van der Waals surface area contributed by atoms with Gasteiger partial charge < -0.3 is 19.9 Å². The zero-order valence-electron chi connectivity index (χ0n) is 17.8. The lowest BCUT2D eigenvalue weighted by atomic mass is 9.97. The van der Waals surface area contributed by atoms with E-state index in [0.717, 1.165) is 0 Å². The fraction of sp³-hybridized carbons (Fsp3) is 0.571. The fourth-order valence-corrected chi connectivity index (χ4v) is 1.94. The predicted octanol–water partition coefficient (Wildman–Crippen LogP) is 3.02. The van der Waals surface area contributed by atoms with Crippen LogP contribution in [0.15, 0.2) is 18.2 Å². The van der Waals surface area contributed by atoms with E-state index in [4.69, 9.17) is 19.9 Å². The van der Waals surface area contributed by atoms with Crippen molar-refractivity contribution >= 4 is 17.9 Å². The molecule has 7 nitrogen and oxygen atoms in total. The van der Waals surface area contributed by atoms with Gasteiger partial charge in [0, 0.05) is 0 Å². The van der Waals surface area contributed by atoms with Crippen LogP contribution in [-0.2, 0) is 25.5 Å². The highest BCUT2D eigenvalue weighted by Gasteiger charge is 2.28. The van der Waals surface area contributed by atoms with E-state index >= 15 is 0 Å². The molecule has 0 aliphatic rings. The van der Waals surface area contributed by atoms with Gasteiger partial charge in [0.25, 0.3) is 0 Å². The molecule has 0 aliphatic carbocycles. The van der Waals surface area contributed by atoms with Gasteiger partial charge in [-0.2, -0.15) is 0 Å². The van der Waals surface area contributed by atoms with Crippen molar-refractivity contribution in [3.63, 3.8) is 0 Å². The molecule has 0 radical (unpaired) electrons. The minimum Gasteiger partial charge on any atom is -0.465 e. The van der Waals surface area contributed by atoms with E-state index in [0.29, 0.717) is 5.56 Å². The molecule has 0 bridgehead atoms. The summed E-state index contributed by atoms with van der Waals surface area (Å²) in [5.74, 6) is -1.22. The second-order valence-electron chi connectivity index (χ2n) is 8.62. The zero-order chi connectivity index (χ0) is 21.7. The van der Waals surface area contributed by atoms with Crippen LogP contribution in [0.3, 0.4) is 0 Å². The van der Waals surface area contributed by atoms with Crippen LogP contribution in [0.25, 0.3) is 0 Å². The highest BCUT2D eigenvalue weighted by atomic mass is 16.6. The summed E-state index contributed by atoms with van der Waals surface area (Å²) in [6, 6.07) is 3.89. The van der Waals surface area contributed by atoms with Crippen LogP contribution >= 0.6 is 0 Å². The maximum atomic E-state index is 12.3. The Labute approximate surface area is 166 Å². The predicted molar refractivity (Wildman–Crippen MR) is 105 cm³/mol. The second kappa shape index (κ2) is 9.19. The summed E-state index contributed by atoms with van der Waals surface area (Å²) in [5, 5.41) is 0. The van der Waals surface area contributed by atoms with Crippen molar-refractivity contribution in [1.82, 2.24) is 0 Å². The number of carbonyl (C=O) groups is 3. The van der Waals surface area contributed by atoms with Crippen molar-refractivity contribution in [2.24, 2.45) is 16.6 Å². The third-order valence-corrected chi connectivity index (χ3v) is 3.68. The number of nitrogens with two attached hydrogens (primary N) is 1. The Morgan fingerprint density at radius 2 is 1.43 bits per heavy atom. The minimum absolute atomic E-state index is 0.103. The largest absolute Gasteiger partial charge is 0.465 e. The van der Waals surface area contributed by atoms with Gasteiger partial charge in [0.2, 0.25) is 0 Å². The van der Waals surface area contributed by atoms with Gasteiger partial charge in [-0.1, -0.05) is 6.07 Å². The van der Waals surface area contributed by atoms with Crippen molar-refractivity contribution in [2.75, 3.05) is 6.61 Å². The molecular formula is C21H31NO6. The van der Waals surface area contributed by atoms with Crippen molar-refractivity contribution < 1.29 is 28.6 Å². The average molecular weight is 393 g/mol. The Hall–Kier alpha value is -2.41. The van der Waals surface area contributed by atoms with Crippen molar-refractivity contribution in [2.45, 2.75) is 60.9 Å². The number of benzene rings is 1. The quantitative estimate of drug-likeness (QED) is 0.585. The molecule has 28 heavy (non-hydrogen) atoms. The molecule has 7 heteroatoms. The third kappa shape index (κ3) is 6.96. The van der Waals surface area contributed by atoms with Crippen molar-refractivity contribution in [3.8, 4) is 11.5 Å². The lowest BCUT2D eigenvalue weighted by molar-refractivity contribution is -0.145. The van der Waals surface area contributed by atoms with Crippen LogP contribution in [0.4, 0.5) is 0 Å². The molecule has 1 aromatic carbocycles. The highest BCUT2D eigenvalue weighted by molar-refractivity contribution is 5.81. The summed E-state index contributed by atoms with van der Waals surface area (Å²) in [5.41, 5.74) is 5.04. The summed E-state index contributed by atoms with van der Waals surface area (Å²) in [7, 11) is 0. The van der Waals surface area contributed by atoms with E-state index in [-0.39, 0.29) is 24.5 Å². The first-order valence-corrected chi connectivity index (χ1v) is 9.25. The molecule has 0 amide bonds. The molecule has 0 spiro atoms. The van der Waals surface area contributed by atoms with E-state index in [2.05, 4.69) is 0 Å². The monoisotopic (exact) mass is 393 g/mol. The number of hydrogen-bond donors (Lipinski definition) is 1. The summed E-state index contributed by atoms with van der Waals surface area (Å²) in [4.78, 5) is 36.3. The molecule has 1 rings (SSSR count). The van der Waals surface area contributed by atoms with Gasteiger partial charge in [-0.3, -0.25) is 14.4 Å². The number of rotatable bonds is 6. The van der Waals surface area contributed by atoms with Crippen LogP contribution in [0.1, 0.15) is 54.0 Å². The van der Waals surface area contributed by atoms with Crippen molar-refractivity contribution in [3.05, 3.63) is 23.8 Å². The fourth-order valence-electron chi connectivity index (χ4n) is 1.94. The first kappa shape index (κ1) is 23.6. The molecule has 0 aliphatic heterocycles. The summed E-state index contributed by atoms with van der Waals surface area (Å²) in [6.45, 7) is 12.3. The molecule has 2 N–H and O–H groups in total. The van der Waals surface area contributed by atoms with Crippen molar-refractivity contribution in [1.29, 1.82) is 0 Å². The normalized spacial score (nSPS) is 12.9. The maximum Gasteiger partial charge on any atom is 0.323 e. The third-order valence-electron chi connectivity index (χ3n) is 3.68. The molecule has 0 heterocycles. The molecule has 1 atom stereocenters. The van der Waals surface area contributed by atoms with Crippen LogP contribution in [0.5, 0.6) is 11.5 Å². The zero-order valence-corrected chi connectivity index (χ0v) is 17.8. The minimum atomic E-state index is -0.853. The van der Waals surface area contributed by atoms with E-state index in [1.165, 1.54) is 6.07 Å². The Balaban J connectivity index is 3.17. The number of hydrogen-bond acceptors (Lipinski definition) is 7. The molecular weight excluding hydrogens is 362 g/mol. The lowest BCUT2D eigenvalue weighted by Gasteiger charge is -2.21. The van der Waals surface area contributed by atoms with Gasteiger partial charge in [0.1, 0.15) is 6.04 Å². The molecule has 0 saturated heterocycles. The van der Waals surface area contributed by atoms with Gasteiger partial charge in [-0.15, -0.1) is 0 Å². The van der Waals surface area contributed by atoms with Gasteiger partial charge in [0.05, 0.1) is 17.4 Å². The molecule has 0 aromatic heterocycles. The number of ether oxygens (including phenoxy) is 3. The molecule has 0 unspecified atom stereocenters. The molecule has 1 aromatic rings. The van der Waals surface area contributed by atoms with E-state index in [9.17, 15) is 14.4 Å². The smallest absolute Gasteiger partial charge is 0.323 e. The Morgan fingerprint density at radius 1 is 0.929 bits per heavy atom. The maximum absolute atomic E-state index is 12.3. The van der Waals surface area contributed by atoms with Gasteiger partial charge in [-0.05, 0) is 72.6 Å². The SMILES string of the molecule is CCOC(=O)[C@@H](N)Cc1ccc(OC(=O)C(C)(C)C)c(OC(=O)C(C)(C)C)c1. The average Bonchev–Trinajstić information content (AvgIpc) is 2.55. The lowest BCUT2D eigenvalue weighted by Crippen LogP contribution is -2.34. The summed E-state index contributed by atoms with van der Waals surface area (Å²) in [6.07, 6.45) is 0.187. The highest BCUT2D eigenvalue weighted by Crippen LogP contribution is 2.32. The van der Waals surface area contributed by atoms with Gasteiger partial charge in [-0.25, -0.2) is 0 Å². The first-order chi connectivity index (χ1) is 12.8. The van der Waals surface area contributed by atoms with Crippen LogP contribution < -0.4 is 15.2 Å².